The van der Waals surface area contributed by atoms with E-state index in [1.807, 2.05) is 23.1 Å². The van der Waals surface area contributed by atoms with E-state index in [-0.39, 0.29) is 0 Å². The van der Waals surface area contributed by atoms with Crippen LogP contribution in [0.25, 0.3) is 0 Å². The Morgan fingerprint density at radius 3 is 2.32 bits per heavy atom. The van der Waals surface area contributed by atoms with Gasteiger partial charge in [-0.1, -0.05) is 51.2 Å². The van der Waals surface area contributed by atoms with Crippen LogP contribution in [0, 0.1) is 11.6 Å². The molecule has 0 fully saturated rings. The first kappa shape index (κ1) is 17.7. The lowest BCUT2D eigenvalue weighted by atomic mass is 10.1. The van der Waals surface area contributed by atoms with Crippen molar-refractivity contribution < 1.29 is 8.78 Å². The van der Waals surface area contributed by atoms with E-state index in [1.54, 1.807) is 0 Å². The van der Waals surface area contributed by atoms with Crippen molar-refractivity contribution >= 4 is 17.1 Å². The van der Waals surface area contributed by atoms with Gasteiger partial charge in [0, 0.05) is 12.6 Å². The van der Waals surface area contributed by atoms with Gasteiger partial charge in [0.05, 0.1) is 23.7 Å². The minimum Gasteiger partial charge on any atom is -0.352 e. The molecule has 134 valence electrons. The van der Waals surface area contributed by atoms with E-state index in [9.17, 15) is 8.78 Å². The summed E-state index contributed by atoms with van der Waals surface area (Å²) < 4.78 is 27.5. The van der Waals surface area contributed by atoms with E-state index in [0.717, 1.165) is 30.4 Å². The van der Waals surface area contributed by atoms with Gasteiger partial charge < -0.3 is 9.80 Å². The van der Waals surface area contributed by atoms with Crippen LogP contribution in [-0.2, 0) is 0 Å². The molecule has 0 atom stereocenters. The normalized spacial score (nSPS) is 13.4. The highest BCUT2D eigenvalue weighted by Crippen LogP contribution is 2.41. The molecule has 2 aromatic carbocycles. The average molecular weight is 344 g/mol. The number of nitrogens with zero attached hydrogens (tertiary/aromatic N) is 2. The molecule has 1 aliphatic rings. The molecule has 0 aliphatic carbocycles. The first-order chi connectivity index (χ1) is 12.2. The maximum atomic E-state index is 14.2. The van der Waals surface area contributed by atoms with Crippen molar-refractivity contribution in [3.63, 3.8) is 0 Å². The summed E-state index contributed by atoms with van der Waals surface area (Å²) in [7, 11) is 0. The van der Waals surface area contributed by atoms with Crippen molar-refractivity contribution in [2.45, 2.75) is 45.4 Å². The quantitative estimate of drug-likeness (QED) is 0.523. The number of benzene rings is 2. The third-order valence-corrected chi connectivity index (χ3v) is 4.81. The Morgan fingerprint density at radius 2 is 1.56 bits per heavy atom. The Bertz CT molecular complexity index is 702. The van der Waals surface area contributed by atoms with Gasteiger partial charge >= 0.3 is 0 Å². The van der Waals surface area contributed by atoms with E-state index in [1.165, 1.54) is 44.2 Å². The molecule has 0 bridgehead atoms. The summed E-state index contributed by atoms with van der Waals surface area (Å²) in [6.07, 6.45) is 7.52. The number of hydrogen-bond donors (Lipinski definition) is 0. The lowest BCUT2D eigenvalue weighted by Gasteiger charge is -2.22. The molecule has 0 spiro atoms. The Balaban J connectivity index is 1.69. The van der Waals surface area contributed by atoms with Gasteiger partial charge in [0.1, 0.15) is 11.6 Å². The topological polar surface area (TPSA) is 6.48 Å². The third-order valence-electron chi connectivity index (χ3n) is 4.81. The van der Waals surface area contributed by atoms with Crippen LogP contribution in [0.2, 0.25) is 0 Å². The van der Waals surface area contributed by atoms with Gasteiger partial charge in [0.2, 0.25) is 0 Å². The second-order valence-electron chi connectivity index (χ2n) is 6.69. The van der Waals surface area contributed by atoms with Gasteiger partial charge in [-0.15, -0.1) is 0 Å². The first-order valence-corrected chi connectivity index (χ1v) is 9.27. The molecular weight excluding hydrogens is 318 g/mol. The molecular formula is C21H26F2N2. The molecule has 2 aromatic rings. The van der Waals surface area contributed by atoms with Crippen LogP contribution in [0.15, 0.2) is 42.5 Å². The summed E-state index contributed by atoms with van der Waals surface area (Å²) in [5, 5.41) is 0. The van der Waals surface area contributed by atoms with Gasteiger partial charge in [0.25, 0.3) is 0 Å². The fraction of sp³-hybridized carbons (Fsp3) is 0.429. The number of halogens is 2. The monoisotopic (exact) mass is 344 g/mol. The molecule has 3 rings (SSSR count). The molecule has 2 nitrogen and oxygen atoms in total. The summed E-state index contributed by atoms with van der Waals surface area (Å²) in [6, 6.07) is 11.8. The van der Waals surface area contributed by atoms with Gasteiger partial charge in [-0.2, -0.15) is 0 Å². The first-order valence-electron chi connectivity index (χ1n) is 9.27. The molecule has 0 unspecified atom stereocenters. The maximum Gasteiger partial charge on any atom is 0.149 e. The Morgan fingerprint density at radius 1 is 0.840 bits per heavy atom. The fourth-order valence-electron chi connectivity index (χ4n) is 3.46. The van der Waals surface area contributed by atoms with Crippen LogP contribution in [0.1, 0.15) is 45.4 Å². The van der Waals surface area contributed by atoms with Crippen molar-refractivity contribution in [3.8, 4) is 0 Å². The van der Waals surface area contributed by atoms with E-state index in [2.05, 4.69) is 17.9 Å². The molecule has 0 N–H and O–H groups in total. The zero-order chi connectivity index (χ0) is 17.6. The van der Waals surface area contributed by atoms with Crippen LogP contribution >= 0.6 is 0 Å². The highest BCUT2D eigenvalue weighted by Gasteiger charge is 2.27. The summed E-state index contributed by atoms with van der Waals surface area (Å²) in [5.41, 5.74) is 2.54. The zero-order valence-corrected chi connectivity index (χ0v) is 14.8. The summed E-state index contributed by atoms with van der Waals surface area (Å²) >= 11 is 0. The molecule has 0 saturated heterocycles. The van der Waals surface area contributed by atoms with Crippen LogP contribution in [0.5, 0.6) is 0 Å². The predicted octanol–water partition coefficient (Wildman–Crippen LogP) is 6.24. The second kappa shape index (κ2) is 8.32. The summed E-state index contributed by atoms with van der Waals surface area (Å²) in [5.74, 6) is -1.06. The van der Waals surface area contributed by atoms with Crippen LogP contribution in [0.3, 0.4) is 0 Å². The summed E-state index contributed by atoms with van der Waals surface area (Å²) in [4.78, 5) is 4.22. The Hall–Kier alpha value is -2.10. The largest absolute Gasteiger partial charge is 0.352 e. The maximum absolute atomic E-state index is 14.2. The van der Waals surface area contributed by atoms with Gasteiger partial charge in [-0.25, -0.2) is 8.78 Å². The lowest BCUT2D eigenvalue weighted by molar-refractivity contribution is 0.581. The predicted molar refractivity (Wildman–Crippen MR) is 101 cm³/mol. The van der Waals surface area contributed by atoms with Crippen molar-refractivity contribution in [1.82, 2.24) is 0 Å². The van der Waals surface area contributed by atoms with Gasteiger partial charge in [-0.3, -0.25) is 0 Å². The number of hydrogen-bond acceptors (Lipinski definition) is 2. The van der Waals surface area contributed by atoms with E-state index >= 15 is 0 Å². The minimum atomic E-state index is -0.544. The van der Waals surface area contributed by atoms with Gasteiger partial charge in [-0.05, 0) is 30.7 Å². The number of rotatable bonds is 8. The van der Waals surface area contributed by atoms with E-state index in [0.29, 0.717) is 12.4 Å². The van der Waals surface area contributed by atoms with Crippen LogP contribution in [0.4, 0.5) is 25.8 Å². The van der Waals surface area contributed by atoms with Crippen molar-refractivity contribution in [2.24, 2.45) is 0 Å². The smallest absolute Gasteiger partial charge is 0.149 e. The van der Waals surface area contributed by atoms with Crippen molar-refractivity contribution in [3.05, 3.63) is 54.1 Å². The molecule has 25 heavy (non-hydrogen) atoms. The average Bonchev–Trinajstić information content (AvgIpc) is 2.97. The Kier molecular flexibility index (Phi) is 5.90. The Labute approximate surface area is 149 Å². The molecule has 1 aliphatic heterocycles. The second-order valence-corrected chi connectivity index (χ2v) is 6.69. The zero-order valence-electron chi connectivity index (χ0n) is 14.8. The number of para-hydroxylation sites is 2. The standard InChI is InChI=1S/C21H26F2N2/c1-2-3-4-5-6-9-14-24-16-25(21-11-8-7-10-20(21)24)19-13-12-17(22)15-18(19)23/h7-8,10-13,15H,2-6,9,14,16H2,1H3. The SMILES string of the molecule is CCCCCCCCN1CN(c2ccc(F)cc2F)c2ccccc21. The van der Waals surface area contributed by atoms with Crippen molar-refractivity contribution in [2.75, 3.05) is 23.0 Å². The molecule has 0 saturated carbocycles. The van der Waals surface area contributed by atoms with E-state index in [4.69, 9.17) is 0 Å². The molecule has 0 radical (unpaired) electrons. The van der Waals surface area contributed by atoms with Crippen molar-refractivity contribution in [1.29, 1.82) is 0 Å². The highest BCUT2D eigenvalue weighted by molar-refractivity contribution is 5.82. The third kappa shape index (κ3) is 4.12. The van der Waals surface area contributed by atoms with Gasteiger partial charge in [0.15, 0.2) is 0 Å². The number of fused-ring (bicyclic) bond motifs is 1. The minimum absolute atomic E-state index is 0.430. The lowest BCUT2D eigenvalue weighted by Crippen LogP contribution is -2.29. The summed E-state index contributed by atoms with van der Waals surface area (Å²) in [6.45, 7) is 3.80. The number of anilines is 3. The molecule has 0 aromatic heterocycles. The number of unbranched alkanes of at least 4 members (excludes halogenated alkanes) is 5. The highest BCUT2D eigenvalue weighted by atomic mass is 19.1. The molecule has 0 amide bonds. The van der Waals surface area contributed by atoms with Crippen LogP contribution in [-0.4, -0.2) is 13.2 Å². The van der Waals surface area contributed by atoms with Crippen LogP contribution < -0.4 is 9.80 Å². The van der Waals surface area contributed by atoms with E-state index < -0.39 is 11.6 Å². The molecule has 4 heteroatoms. The molecule has 1 heterocycles. The fourth-order valence-corrected chi connectivity index (χ4v) is 3.46.